The molecule has 0 atom stereocenters. The zero-order valence-corrected chi connectivity index (χ0v) is 11.8. The minimum Gasteiger partial charge on any atom is -0.508 e. The lowest BCUT2D eigenvalue weighted by Crippen LogP contribution is -2.15. The SMILES string of the molecule is CN(C)c1cc(C(=O)Nc2cccc(O)c2)cc(Cl)n1. The second-order valence-corrected chi connectivity index (χ2v) is 4.82. The molecule has 2 aromatic rings. The van der Waals surface area contributed by atoms with Gasteiger partial charge in [0.15, 0.2) is 0 Å². The molecular weight excluding hydrogens is 278 g/mol. The number of anilines is 2. The first kappa shape index (κ1) is 14.1. The summed E-state index contributed by atoms with van der Waals surface area (Å²) in [5.41, 5.74) is 0.909. The number of aromatic hydroxyl groups is 1. The smallest absolute Gasteiger partial charge is 0.255 e. The Bertz CT molecular complexity index is 644. The largest absolute Gasteiger partial charge is 0.508 e. The number of hydrogen-bond donors (Lipinski definition) is 2. The molecule has 104 valence electrons. The Kier molecular flexibility index (Phi) is 4.10. The zero-order chi connectivity index (χ0) is 14.7. The minimum absolute atomic E-state index is 0.0875. The third kappa shape index (κ3) is 3.39. The maximum absolute atomic E-state index is 12.2. The Hall–Kier alpha value is -2.27. The fourth-order valence-corrected chi connectivity index (χ4v) is 1.83. The molecule has 1 aromatic heterocycles. The highest BCUT2D eigenvalue weighted by atomic mass is 35.5. The van der Waals surface area contributed by atoms with Crippen LogP contribution in [0.1, 0.15) is 10.4 Å². The Morgan fingerprint density at radius 3 is 2.70 bits per heavy atom. The van der Waals surface area contributed by atoms with Gasteiger partial charge in [0.1, 0.15) is 16.7 Å². The van der Waals surface area contributed by atoms with Gasteiger partial charge < -0.3 is 15.3 Å². The van der Waals surface area contributed by atoms with Gasteiger partial charge in [0, 0.05) is 31.4 Å². The fraction of sp³-hybridized carbons (Fsp3) is 0.143. The number of rotatable bonds is 3. The van der Waals surface area contributed by atoms with Crippen LogP contribution in [0.4, 0.5) is 11.5 Å². The van der Waals surface area contributed by atoms with Crippen molar-refractivity contribution in [2.45, 2.75) is 0 Å². The van der Waals surface area contributed by atoms with E-state index in [4.69, 9.17) is 11.6 Å². The molecule has 0 aliphatic heterocycles. The van der Waals surface area contributed by atoms with Crippen LogP contribution in [0, 0.1) is 0 Å². The van der Waals surface area contributed by atoms with E-state index in [0.717, 1.165) is 0 Å². The van der Waals surface area contributed by atoms with Gasteiger partial charge in [-0.3, -0.25) is 4.79 Å². The van der Waals surface area contributed by atoms with Crippen molar-refractivity contribution in [1.29, 1.82) is 0 Å². The van der Waals surface area contributed by atoms with Crippen molar-refractivity contribution in [2.24, 2.45) is 0 Å². The van der Waals surface area contributed by atoms with Gasteiger partial charge >= 0.3 is 0 Å². The molecule has 0 radical (unpaired) electrons. The number of nitrogens with zero attached hydrogens (tertiary/aromatic N) is 2. The normalized spacial score (nSPS) is 10.2. The van der Waals surface area contributed by atoms with Crippen molar-refractivity contribution in [2.75, 3.05) is 24.3 Å². The molecule has 0 saturated carbocycles. The molecule has 2 rings (SSSR count). The van der Waals surface area contributed by atoms with E-state index in [1.165, 1.54) is 18.2 Å². The van der Waals surface area contributed by atoms with Gasteiger partial charge in [-0.25, -0.2) is 4.98 Å². The number of amides is 1. The summed E-state index contributed by atoms with van der Waals surface area (Å²) in [5, 5.41) is 12.3. The average molecular weight is 292 g/mol. The van der Waals surface area contributed by atoms with Crippen LogP contribution in [0.25, 0.3) is 0 Å². The molecule has 0 aliphatic rings. The third-order valence-corrected chi connectivity index (χ3v) is 2.80. The second kappa shape index (κ2) is 5.79. The van der Waals surface area contributed by atoms with Crippen molar-refractivity contribution in [3.63, 3.8) is 0 Å². The van der Waals surface area contributed by atoms with Crippen LogP contribution < -0.4 is 10.2 Å². The molecule has 0 spiro atoms. The summed E-state index contributed by atoms with van der Waals surface area (Å²) >= 11 is 5.91. The number of nitrogens with one attached hydrogen (secondary N) is 1. The quantitative estimate of drug-likeness (QED) is 0.854. The summed E-state index contributed by atoms with van der Waals surface area (Å²) in [6.45, 7) is 0. The standard InChI is InChI=1S/C14H14ClN3O2/c1-18(2)13-7-9(6-12(15)17-13)14(20)16-10-4-3-5-11(19)8-10/h3-8,19H,1-2H3,(H,16,20). The van der Waals surface area contributed by atoms with E-state index in [9.17, 15) is 9.90 Å². The number of phenolic OH excluding ortho intramolecular Hbond substituents is 1. The number of carbonyl (C=O) groups is 1. The van der Waals surface area contributed by atoms with Crippen LogP contribution >= 0.6 is 11.6 Å². The lowest BCUT2D eigenvalue weighted by molar-refractivity contribution is 0.102. The van der Waals surface area contributed by atoms with Gasteiger partial charge in [-0.2, -0.15) is 0 Å². The van der Waals surface area contributed by atoms with Crippen LogP contribution in [-0.4, -0.2) is 30.1 Å². The van der Waals surface area contributed by atoms with E-state index >= 15 is 0 Å². The van der Waals surface area contributed by atoms with Crippen LogP contribution in [0.3, 0.4) is 0 Å². The Morgan fingerprint density at radius 1 is 1.30 bits per heavy atom. The highest BCUT2D eigenvalue weighted by Gasteiger charge is 2.11. The van der Waals surface area contributed by atoms with Crippen molar-refractivity contribution in [3.8, 4) is 5.75 Å². The van der Waals surface area contributed by atoms with Gasteiger partial charge in [0.05, 0.1) is 0 Å². The molecule has 2 N–H and O–H groups in total. The van der Waals surface area contributed by atoms with Gasteiger partial charge in [-0.15, -0.1) is 0 Å². The molecule has 0 saturated heterocycles. The fourth-order valence-electron chi connectivity index (χ4n) is 1.63. The number of benzene rings is 1. The minimum atomic E-state index is -0.317. The topological polar surface area (TPSA) is 65.5 Å². The summed E-state index contributed by atoms with van der Waals surface area (Å²) < 4.78 is 0. The molecule has 6 heteroatoms. The van der Waals surface area contributed by atoms with Crippen LogP contribution in [-0.2, 0) is 0 Å². The lowest BCUT2D eigenvalue weighted by atomic mass is 10.2. The van der Waals surface area contributed by atoms with Gasteiger partial charge in [0.2, 0.25) is 0 Å². The molecule has 0 fully saturated rings. The van der Waals surface area contributed by atoms with E-state index < -0.39 is 0 Å². The molecule has 0 aliphatic carbocycles. The monoisotopic (exact) mass is 291 g/mol. The zero-order valence-electron chi connectivity index (χ0n) is 11.1. The summed E-state index contributed by atoms with van der Waals surface area (Å²) in [5.74, 6) is 0.367. The van der Waals surface area contributed by atoms with Crippen molar-refractivity contribution >= 4 is 29.0 Å². The first-order chi connectivity index (χ1) is 9.45. The van der Waals surface area contributed by atoms with Gasteiger partial charge in [-0.1, -0.05) is 17.7 Å². The van der Waals surface area contributed by atoms with Gasteiger partial charge in [-0.05, 0) is 24.3 Å². The molecule has 0 unspecified atom stereocenters. The third-order valence-electron chi connectivity index (χ3n) is 2.60. The number of pyridine rings is 1. The van der Waals surface area contributed by atoms with Crippen molar-refractivity contribution < 1.29 is 9.90 Å². The summed E-state index contributed by atoms with van der Waals surface area (Å²) in [6.07, 6.45) is 0. The van der Waals surface area contributed by atoms with E-state index in [1.54, 1.807) is 23.1 Å². The Labute approximate surface area is 121 Å². The van der Waals surface area contributed by atoms with Crippen LogP contribution in [0.15, 0.2) is 36.4 Å². The van der Waals surface area contributed by atoms with E-state index in [-0.39, 0.29) is 16.8 Å². The Morgan fingerprint density at radius 2 is 2.05 bits per heavy atom. The molecule has 1 heterocycles. The molecule has 5 nitrogen and oxygen atoms in total. The van der Waals surface area contributed by atoms with Crippen LogP contribution in [0.2, 0.25) is 5.15 Å². The van der Waals surface area contributed by atoms with E-state index in [1.807, 2.05) is 14.1 Å². The number of hydrogen-bond acceptors (Lipinski definition) is 4. The predicted octanol–water partition coefficient (Wildman–Crippen LogP) is 2.76. The number of phenols is 1. The van der Waals surface area contributed by atoms with Crippen molar-refractivity contribution in [1.82, 2.24) is 4.98 Å². The lowest BCUT2D eigenvalue weighted by Gasteiger charge is -2.13. The van der Waals surface area contributed by atoms with E-state index in [0.29, 0.717) is 17.1 Å². The molecule has 1 aromatic carbocycles. The van der Waals surface area contributed by atoms with Gasteiger partial charge in [0.25, 0.3) is 5.91 Å². The predicted molar refractivity (Wildman–Crippen MR) is 79.6 cm³/mol. The maximum atomic E-state index is 12.2. The highest BCUT2D eigenvalue weighted by molar-refractivity contribution is 6.30. The first-order valence-corrected chi connectivity index (χ1v) is 6.29. The number of aromatic nitrogens is 1. The maximum Gasteiger partial charge on any atom is 0.255 e. The molecular formula is C14H14ClN3O2. The highest BCUT2D eigenvalue weighted by Crippen LogP contribution is 2.19. The van der Waals surface area contributed by atoms with E-state index in [2.05, 4.69) is 10.3 Å². The molecule has 20 heavy (non-hydrogen) atoms. The number of halogens is 1. The molecule has 1 amide bonds. The summed E-state index contributed by atoms with van der Waals surface area (Å²) in [6, 6.07) is 9.47. The van der Waals surface area contributed by atoms with Crippen molar-refractivity contribution in [3.05, 3.63) is 47.1 Å². The van der Waals surface area contributed by atoms with Crippen LogP contribution in [0.5, 0.6) is 5.75 Å². The summed E-state index contributed by atoms with van der Waals surface area (Å²) in [7, 11) is 3.63. The molecule has 0 bridgehead atoms. The average Bonchev–Trinajstić information content (AvgIpc) is 2.37. The second-order valence-electron chi connectivity index (χ2n) is 4.44. The number of carbonyl (C=O) groups excluding carboxylic acids is 1. The Balaban J connectivity index is 2.25. The first-order valence-electron chi connectivity index (χ1n) is 5.91. The summed E-state index contributed by atoms with van der Waals surface area (Å²) in [4.78, 5) is 18.0.